The molecule has 0 aliphatic carbocycles. The van der Waals surface area contributed by atoms with Crippen molar-refractivity contribution in [3.8, 4) is 0 Å². The molecular formula is C17H21ClN4O. The molecule has 3 rings (SSSR count). The molecule has 2 heterocycles. The molecule has 0 saturated carbocycles. The average Bonchev–Trinajstić information content (AvgIpc) is 2.92. The third-order valence-electron chi connectivity index (χ3n) is 4.30. The van der Waals surface area contributed by atoms with E-state index >= 15 is 0 Å². The molecule has 1 fully saturated rings. The summed E-state index contributed by atoms with van der Waals surface area (Å²) < 4.78 is 1.59. The summed E-state index contributed by atoms with van der Waals surface area (Å²) in [6.45, 7) is 6.87. The van der Waals surface area contributed by atoms with Crippen LogP contribution in [0.2, 0.25) is 5.02 Å². The molecular weight excluding hydrogens is 312 g/mol. The maximum Gasteiger partial charge on any atom is 0.244 e. The minimum atomic E-state index is 0.0849. The Bertz CT molecular complexity index is 699. The van der Waals surface area contributed by atoms with E-state index in [0.717, 1.165) is 19.6 Å². The van der Waals surface area contributed by atoms with E-state index in [4.69, 9.17) is 11.6 Å². The number of halogens is 1. The SMILES string of the molecule is Cc1ccccc1N1CCN(C(=O)Cn2cc(Cl)cn2)[C@H](C)C1. The first kappa shape index (κ1) is 15.9. The van der Waals surface area contributed by atoms with E-state index in [9.17, 15) is 4.79 Å². The second-order valence-electron chi connectivity index (χ2n) is 6.02. The number of piperazine rings is 1. The van der Waals surface area contributed by atoms with Crippen LogP contribution in [0.15, 0.2) is 36.7 Å². The van der Waals surface area contributed by atoms with Crippen molar-refractivity contribution >= 4 is 23.2 Å². The molecule has 1 amide bonds. The van der Waals surface area contributed by atoms with Crippen LogP contribution in [0, 0.1) is 6.92 Å². The fourth-order valence-electron chi connectivity index (χ4n) is 3.12. The number of aromatic nitrogens is 2. The Morgan fingerprint density at radius 3 is 2.78 bits per heavy atom. The van der Waals surface area contributed by atoms with Crippen molar-refractivity contribution in [2.75, 3.05) is 24.5 Å². The molecule has 1 saturated heterocycles. The number of hydrogen-bond acceptors (Lipinski definition) is 3. The number of rotatable bonds is 3. The number of carbonyl (C=O) groups is 1. The van der Waals surface area contributed by atoms with Crippen LogP contribution in [0.5, 0.6) is 0 Å². The molecule has 1 aromatic heterocycles. The summed E-state index contributed by atoms with van der Waals surface area (Å²) in [5, 5.41) is 4.63. The van der Waals surface area contributed by atoms with Crippen LogP contribution in [0.3, 0.4) is 0 Å². The van der Waals surface area contributed by atoms with E-state index < -0.39 is 0 Å². The number of para-hydroxylation sites is 1. The van der Waals surface area contributed by atoms with Gasteiger partial charge in [0.05, 0.1) is 11.2 Å². The number of benzene rings is 1. The first-order valence-electron chi connectivity index (χ1n) is 7.82. The highest BCUT2D eigenvalue weighted by atomic mass is 35.5. The Balaban J connectivity index is 1.64. The predicted octanol–water partition coefficient (Wildman–Crippen LogP) is 2.58. The number of hydrogen-bond donors (Lipinski definition) is 0. The minimum absolute atomic E-state index is 0.0849. The molecule has 122 valence electrons. The van der Waals surface area contributed by atoms with Crippen LogP contribution in [-0.2, 0) is 11.3 Å². The topological polar surface area (TPSA) is 41.4 Å². The van der Waals surface area contributed by atoms with E-state index in [1.165, 1.54) is 11.3 Å². The Labute approximate surface area is 141 Å². The lowest BCUT2D eigenvalue weighted by atomic mass is 10.1. The molecule has 0 spiro atoms. The Morgan fingerprint density at radius 1 is 1.35 bits per heavy atom. The van der Waals surface area contributed by atoms with Gasteiger partial charge in [-0.2, -0.15) is 5.10 Å². The molecule has 23 heavy (non-hydrogen) atoms. The van der Waals surface area contributed by atoms with Gasteiger partial charge in [-0.3, -0.25) is 9.48 Å². The molecule has 0 unspecified atom stereocenters. The smallest absolute Gasteiger partial charge is 0.244 e. The van der Waals surface area contributed by atoms with E-state index in [1.807, 2.05) is 4.90 Å². The molecule has 0 N–H and O–H groups in total. The normalized spacial score (nSPS) is 18.3. The predicted molar refractivity (Wildman–Crippen MR) is 91.8 cm³/mol. The average molecular weight is 333 g/mol. The van der Waals surface area contributed by atoms with E-state index in [2.05, 4.69) is 48.1 Å². The number of anilines is 1. The van der Waals surface area contributed by atoms with Crippen molar-refractivity contribution in [1.29, 1.82) is 0 Å². The molecule has 1 aromatic carbocycles. The van der Waals surface area contributed by atoms with Gasteiger partial charge in [0.15, 0.2) is 0 Å². The maximum atomic E-state index is 12.5. The van der Waals surface area contributed by atoms with Gasteiger partial charge in [0.25, 0.3) is 0 Å². The first-order chi connectivity index (χ1) is 11.0. The Morgan fingerprint density at radius 2 is 2.13 bits per heavy atom. The van der Waals surface area contributed by atoms with Gasteiger partial charge in [-0.25, -0.2) is 0 Å². The third kappa shape index (κ3) is 3.50. The van der Waals surface area contributed by atoms with Crippen molar-refractivity contribution in [3.05, 3.63) is 47.2 Å². The van der Waals surface area contributed by atoms with Crippen molar-refractivity contribution < 1.29 is 4.79 Å². The van der Waals surface area contributed by atoms with E-state index in [1.54, 1.807) is 17.1 Å². The molecule has 6 heteroatoms. The first-order valence-corrected chi connectivity index (χ1v) is 8.20. The van der Waals surface area contributed by atoms with Gasteiger partial charge in [-0.15, -0.1) is 0 Å². The van der Waals surface area contributed by atoms with Gasteiger partial charge >= 0.3 is 0 Å². The number of amides is 1. The lowest BCUT2D eigenvalue weighted by molar-refractivity contribution is -0.134. The summed E-state index contributed by atoms with van der Waals surface area (Å²) >= 11 is 5.85. The zero-order valence-corrected chi connectivity index (χ0v) is 14.2. The third-order valence-corrected chi connectivity index (χ3v) is 4.50. The van der Waals surface area contributed by atoms with Crippen LogP contribution in [0.4, 0.5) is 5.69 Å². The standard InChI is InChI=1S/C17H21ClN4O/c1-13-5-3-4-6-16(13)20-7-8-22(14(2)10-20)17(23)12-21-11-15(18)9-19-21/h3-6,9,11,14H,7-8,10,12H2,1-2H3/t14-/m1/s1. The summed E-state index contributed by atoms with van der Waals surface area (Å²) in [7, 11) is 0. The van der Waals surface area contributed by atoms with Gasteiger partial charge in [0.2, 0.25) is 5.91 Å². The van der Waals surface area contributed by atoms with Crippen LogP contribution < -0.4 is 4.90 Å². The zero-order valence-electron chi connectivity index (χ0n) is 13.4. The molecule has 1 aliphatic rings. The molecule has 1 aliphatic heterocycles. The van der Waals surface area contributed by atoms with Crippen LogP contribution in [-0.4, -0.2) is 46.3 Å². The highest BCUT2D eigenvalue weighted by Crippen LogP contribution is 2.23. The van der Waals surface area contributed by atoms with Gasteiger partial charge in [0, 0.05) is 37.6 Å². The fourth-order valence-corrected chi connectivity index (χ4v) is 3.28. The lowest BCUT2D eigenvalue weighted by Gasteiger charge is -2.41. The number of aryl methyl sites for hydroxylation is 1. The van der Waals surface area contributed by atoms with E-state index in [0.29, 0.717) is 5.02 Å². The summed E-state index contributed by atoms with van der Waals surface area (Å²) in [5.74, 6) is 0.0849. The van der Waals surface area contributed by atoms with E-state index in [-0.39, 0.29) is 18.5 Å². The van der Waals surface area contributed by atoms with Crippen LogP contribution >= 0.6 is 11.6 Å². The maximum absolute atomic E-state index is 12.5. The Hall–Kier alpha value is -2.01. The second-order valence-corrected chi connectivity index (χ2v) is 6.46. The molecule has 1 atom stereocenters. The summed E-state index contributed by atoms with van der Waals surface area (Å²) in [6.07, 6.45) is 3.22. The van der Waals surface area contributed by atoms with Crippen LogP contribution in [0.1, 0.15) is 12.5 Å². The zero-order chi connectivity index (χ0) is 16.4. The highest BCUT2D eigenvalue weighted by Gasteiger charge is 2.28. The molecule has 0 bridgehead atoms. The van der Waals surface area contributed by atoms with Crippen molar-refractivity contribution in [2.24, 2.45) is 0 Å². The number of carbonyl (C=O) groups excluding carboxylic acids is 1. The molecule has 2 aromatic rings. The lowest BCUT2D eigenvalue weighted by Crippen LogP contribution is -2.55. The largest absolute Gasteiger partial charge is 0.367 e. The quantitative estimate of drug-likeness (QED) is 0.867. The van der Waals surface area contributed by atoms with Crippen molar-refractivity contribution in [1.82, 2.24) is 14.7 Å². The van der Waals surface area contributed by atoms with Gasteiger partial charge in [-0.1, -0.05) is 29.8 Å². The monoisotopic (exact) mass is 332 g/mol. The highest BCUT2D eigenvalue weighted by molar-refractivity contribution is 6.30. The van der Waals surface area contributed by atoms with Gasteiger partial charge < -0.3 is 9.80 Å². The van der Waals surface area contributed by atoms with Crippen molar-refractivity contribution in [2.45, 2.75) is 26.4 Å². The fraction of sp³-hybridized carbons (Fsp3) is 0.412. The molecule has 5 nitrogen and oxygen atoms in total. The summed E-state index contributed by atoms with van der Waals surface area (Å²) in [4.78, 5) is 16.8. The van der Waals surface area contributed by atoms with Crippen LogP contribution in [0.25, 0.3) is 0 Å². The molecule has 0 radical (unpaired) electrons. The van der Waals surface area contributed by atoms with Gasteiger partial charge in [0.1, 0.15) is 6.54 Å². The minimum Gasteiger partial charge on any atom is -0.367 e. The summed E-state index contributed by atoms with van der Waals surface area (Å²) in [5.41, 5.74) is 2.52. The number of nitrogens with zero attached hydrogens (tertiary/aromatic N) is 4. The second kappa shape index (κ2) is 6.62. The Kier molecular flexibility index (Phi) is 4.57. The van der Waals surface area contributed by atoms with Crippen molar-refractivity contribution in [3.63, 3.8) is 0 Å². The van der Waals surface area contributed by atoms with Gasteiger partial charge in [-0.05, 0) is 25.5 Å². The summed E-state index contributed by atoms with van der Waals surface area (Å²) in [6, 6.07) is 8.55.